The fraction of sp³-hybridized carbons (Fsp3) is 0.353. The Balaban J connectivity index is 2.32. The van der Waals surface area contributed by atoms with Gasteiger partial charge in [-0.05, 0) is 42.4 Å². The number of nitrogens with one attached hydrogen (secondary N) is 1. The molecule has 0 aliphatic rings. The van der Waals surface area contributed by atoms with Crippen LogP contribution in [0.4, 0.5) is 0 Å². The van der Waals surface area contributed by atoms with E-state index in [9.17, 15) is 4.79 Å². The molecule has 1 amide bonds. The Morgan fingerprint density at radius 3 is 2.70 bits per heavy atom. The first-order chi connectivity index (χ1) is 9.60. The zero-order chi connectivity index (χ0) is 14.5. The molecule has 0 fully saturated rings. The summed E-state index contributed by atoms with van der Waals surface area (Å²) in [6.45, 7) is 1.03. The van der Waals surface area contributed by atoms with Gasteiger partial charge in [0.25, 0.3) is 0 Å². The minimum atomic E-state index is 0.0510. The average molecular weight is 270 g/mol. The predicted molar refractivity (Wildman–Crippen MR) is 84.0 cm³/mol. The third-order valence-electron chi connectivity index (χ3n) is 3.51. The van der Waals surface area contributed by atoms with Crippen LogP contribution >= 0.6 is 0 Å². The Kier molecular flexibility index (Phi) is 4.74. The predicted octanol–water partition coefficient (Wildman–Crippen LogP) is 2.23. The van der Waals surface area contributed by atoms with Crippen molar-refractivity contribution in [2.24, 2.45) is 0 Å². The second kappa shape index (κ2) is 6.53. The Bertz CT molecular complexity index is 605. The molecular formula is C17H22N2O. The van der Waals surface area contributed by atoms with Crippen LogP contribution in [0.5, 0.6) is 0 Å². The third-order valence-corrected chi connectivity index (χ3v) is 3.51. The summed E-state index contributed by atoms with van der Waals surface area (Å²) in [6, 6.07) is 12.7. The molecule has 0 atom stereocenters. The van der Waals surface area contributed by atoms with Gasteiger partial charge in [0, 0.05) is 13.6 Å². The van der Waals surface area contributed by atoms with Gasteiger partial charge in [0.1, 0.15) is 0 Å². The molecule has 0 saturated heterocycles. The number of nitrogens with zero attached hydrogens (tertiary/aromatic N) is 1. The van der Waals surface area contributed by atoms with Gasteiger partial charge in [0.05, 0.1) is 6.42 Å². The van der Waals surface area contributed by atoms with E-state index in [1.54, 1.807) is 7.05 Å². The van der Waals surface area contributed by atoms with E-state index in [0.717, 1.165) is 18.5 Å². The second-order valence-electron chi connectivity index (χ2n) is 5.38. The van der Waals surface area contributed by atoms with Crippen LogP contribution in [0.25, 0.3) is 10.8 Å². The highest BCUT2D eigenvalue weighted by Crippen LogP contribution is 2.21. The molecule has 0 bridgehead atoms. The number of amides is 1. The van der Waals surface area contributed by atoms with Crippen molar-refractivity contribution in [3.05, 3.63) is 47.5 Å². The fourth-order valence-corrected chi connectivity index (χ4v) is 2.33. The molecular weight excluding hydrogens is 248 g/mol. The number of fused-ring (bicyclic) bond motifs is 1. The molecule has 0 spiro atoms. The molecule has 2 aromatic carbocycles. The molecule has 0 saturated carbocycles. The van der Waals surface area contributed by atoms with Crippen LogP contribution in [0, 0.1) is 0 Å². The van der Waals surface area contributed by atoms with Crippen molar-refractivity contribution in [3.63, 3.8) is 0 Å². The number of benzene rings is 2. The lowest BCUT2D eigenvalue weighted by Gasteiger charge is -2.12. The van der Waals surface area contributed by atoms with Crippen LogP contribution in [0.15, 0.2) is 36.4 Å². The summed E-state index contributed by atoms with van der Waals surface area (Å²) in [5.74, 6) is 0.0510. The van der Waals surface area contributed by atoms with Gasteiger partial charge in [-0.25, -0.2) is 0 Å². The Morgan fingerprint density at radius 1 is 1.20 bits per heavy atom. The highest BCUT2D eigenvalue weighted by molar-refractivity contribution is 5.88. The van der Waals surface area contributed by atoms with E-state index in [2.05, 4.69) is 54.6 Å². The first kappa shape index (κ1) is 14.5. The third kappa shape index (κ3) is 3.58. The number of carbonyl (C=O) groups is 1. The van der Waals surface area contributed by atoms with Gasteiger partial charge >= 0.3 is 0 Å². The van der Waals surface area contributed by atoms with Gasteiger partial charge in [0.15, 0.2) is 0 Å². The van der Waals surface area contributed by atoms with Crippen molar-refractivity contribution in [1.82, 2.24) is 10.2 Å². The van der Waals surface area contributed by atoms with Gasteiger partial charge in [-0.3, -0.25) is 4.79 Å². The van der Waals surface area contributed by atoms with Crippen molar-refractivity contribution in [1.29, 1.82) is 0 Å². The number of hydrogen-bond donors (Lipinski definition) is 1. The van der Waals surface area contributed by atoms with E-state index in [1.165, 1.54) is 16.3 Å². The summed E-state index contributed by atoms with van der Waals surface area (Å²) >= 11 is 0. The quantitative estimate of drug-likeness (QED) is 0.903. The lowest BCUT2D eigenvalue weighted by atomic mass is 9.98. The monoisotopic (exact) mass is 270 g/mol. The molecule has 0 unspecified atom stereocenters. The van der Waals surface area contributed by atoms with Crippen LogP contribution in [0.3, 0.4) is 0 Å². The summed E-state index contributed by atoms with van der Waals surface area (Å²) in [5, 5.41) is 5.17. The topological polar surface area (TPSA) is 32.3 Å². The van der Waals surface area contributed by atoms with Crippen molar-refractivity contribution < 1.29 is 4.79 Å². The van der Waals surface area contributed by atoms with E-state index in [-0.39, 0.29) is 5.91 Å². The van der Waals surface area contributed by atoms with E-state index >= 15 is 0 Å². The molecule has 0 aliphatic heterocycles. The SMILES string of the molecule is CNC(=O)Cc1ccc2cccc(CCN(C)C)c2c1. The zero-order valence-electron chi connectivity index (χ0n) is 12.4. The lowest BCUT2D eigenvalue weighted by Crippen LogP contribution is -2.19. The number of likely N-dealkylation sites (N-methyl/N-ethyl adjacent to an activating group) is 2. The largest absolute Gasteiger partial charge is 0.359 e. The van der Waals surface area contributed by atoms with Crippen molar-refractivity contribution in [2.75, 3.05) is 27.7 Å². The minimum Gasteiger partial charge on any atom is -0.359 e. The fourth-order valence-electron chi connectivity index (χ4n) is 2.33. The second-order valence-corrected chi connectivity index (χ2v) is 5.38. The van der Waals surface area contributed by atoms with Crippen molar-refractivity contribution in [2.45, 2.75) is 12.8 Å². The van der Waals surface area contributed by atoms with Gasteiger partial charge in [-0.15, -0.1) is 0 Å². The molecule has 0 aliphatic carbocycles. The van der Waals surface area contributed by atoms with E-state index in [0.29, 0.717) is 6.42 Å². The van der Waals surface area contributed by atoms with Gasteiger partial charge < -0.3 is 10.2 Å². The maximum absolute atomic E-state index is 11.5. The van der Waals surface area contributed by atoms with Crippen molar-refractivity contribution in [3.8, 4) is 0 Å². The molecule has 0 radical (unpaired) electrons. The van der Waals surface area contributed by atoms with Gasteiger partial charge in [-0.1, -0.05) is 36.4 Å². The maximum atomic E-state index is 11.5. The highest BCUT2D eigenvalue weighted by Gasteiger charge is 2.05. The summed E-state index contributed by atoms with van der Waals surface area (Å²) in [6.07, 6.45) is 1.46. The zero-order valence-corrected chi connectivity index (χ0v) is 12.4. The number of hydrogen-bond acceptors (Lipinski definition) is 2. The standard InChI is InChI=1S/C17H22N2O/c1-18-17(20)12-13-7-8-14-5-4-6-15(16(14)11-13)9-10-19(2)3/h4-8,11H,9-10,12H2,1-3H3,(H,18,20). The molecule has 0 heterocycles. The molecule has 2 aromatic rings. The Hall–Kier alpha value is -1.87. The molecule has 3 nitrogen and oxygen atoms in total. The summed E-state index contributed by atoms with van der Waals surface area (Å²) in [5.41, 5.74) is 2.41. The average Bonchev–Trinajstić information content (AvgIpc) is 2.44. The Morgan fingerprint density at radius 2 is 2.00 bits per heavy atom. The number of carbonyl (C=O) groups excluding carboxylic acids is 1. The van der Waals surface area contributed by atoms with Crippen LogP contribution in [-0.4, -0.2) is 38.5 Å². The number of rotatable bonds is 5. The lowest BCUT2D eigenvalue weighted by molar-refractivity contribution is -0.119. The first-order valence-corrected chi connectivity index (χ1v) is 6.96. The normalized spacial score (nSPS) is 11.0. The maximum Gasteiger partial charge on any atom is 0.224 e. The molecule has 3 heteroatoms. The van der Waals surface area contributed by atoms with Gasteiger partial charge in [0.2, 0.25) is 5.91 Å². The summed E-state index contributed by atoms with van der Waals surface area (Å²) in [4.78, 5) is 13.7. The first-order valence-electron chi connectivity index (χ1n) is 6.96. The smallest absolute Gasteiger partial charge is 0.224 e. The van der Waals surface area contributed by atoms with Crippen LogP contribution in [-0.2, 0) is 17.6 Å². The molecule has 2 rings (SSSR count). The minimum absolute atomic E-state index is 0.0510. The van der Waals surface area contributed by atoms with Crippen molar-refractivity contribution >= 4 is 16.7 Å². The summed E-state index contributed by atoms with van der Waals surface area (Å²) in [7, 11) is 5.84. The summed E-state index contributed by atoms with van der Waals surface area (Å²) < 4.78 is 0. The molecule has 106 valence electrons. The van der Waals surface area contributed by atoms with E-state index < -0.39 is 0 Å². The van der Waals surface area contributed by atoms with Crippen LogP contribution in [0.1, 0.15) is 11.1 Å². The molecule has 0 aromatic heterocycles. The van der Waals surface area contributed by atoms with Crippen LogP contribution < -0.4 is 5.32 Å². The van der Waals surface area contributed by atoms with E-state index in [1.807, 2.05) is 6.07 Å². The molecule has 1 N–H and O–H groups in total. The van der Waals surface area contributed by atoms with Crippen LogP contribution in [0.2, 0.25) is 0 Å². The highest BCUT2D eigenvalue weighted by atomic mass is 16.1. The molecule has 20 heavy (non-hydrogen) atoms. The van der Waals surface area contributed by atoms with Gasteiger partial charge in [-0.2, -0.15) is 0 Å². The Labute approximate surface area is 120 Å². The van der Waals surface area contributed by atoms with E-state index in [4.69, 9.17) is 0 Å².